The molecule has 2 saturated heterocycles. The third-order valence-corrected chi connectivity index (χ3v) is 4.69. The summed E-state index contributed by atoms with van der Waals surface area (Å²) in [7, 11) is 0. The number of hydrogen-bond acceptors (Lipinski definition) is 3. The van der Waals surface area contributed by atoms with Crippen molar-refractivity contribution in [2.75, 3.05) is 19.6 Å². The highest BCUT2D eigenvalue weighted by Crippen LogP contribution is 2.33. The first-order chi connectivity index (χ1) is 10.5. The van der Waals surface area contributed by atoms with Gasteiger partial charge in [0.15, 0.2) is 0 Å². The molecule has 0 aliphatic carbocycles. The van der Waals surface area contributed by atoms with Gasteiger partial charge in [-0.05, 0) is 31.5 Å². The second kappa shape index (κ2) is 6.56. The van der Waals surface area contributed by atoms with Crippen molar-refractivity contribution in [1.82, 2.24) is 15.8 Å². The van der Waals surface area contributed by atoms with Crippen molar-refractivity contribution in [3.8, 4) is 0 Å². The van der Waals surface area contributed by atoms with Gasteiger partial charge in [0.1, 0.15) is 0 Å². The van der Waals surface area contributed by atoms with E-state index in [1.165, 1.54) is 5.56 Å². The summed E-state index contributed by atoms with van der Waals surface area (Å²) >= 11 is 0. The standard InChI is InChI=1S/C16H22F3N3/c17-16(18,19)8-4-9-22-10-7-14-13(11-22)15(21-20-14)12-5-2-1-3-6-12/h1-3,5-6,13-15,20-21H,4,7-11H2. The SMILES string of the molecule is FC(F)(F)CCCN1CCC2NNC(c3ccccc3)C2C1. The van der Waals surface area contributed by atoms with Crippen molar-refractivity contribution in [2.24, 2.45) is 5.92 Å². The molecule has 0 bridgehead atoms. The van der Waals surface area contributed by atoms with Crippen LogP contribution in [0.4, 0.5) is 13.2 Å². The molecule has 3 unspecified atom stereocenters. The predicted octanol–water partition coefficient (Wildman–Crippen LogP) is 2.87. The zero-order chi connectivity index (χ0) is 15.6. The highest BCUT2D eigenvalue weighted by Gasteiger charge is 2.40. The number of benzene rings is 1. The van der Waals surface area contributed by atoms with E-state index in [9.17, 15) is 13.2 Å². The summed E-state index contributed by atoms with van der Waals surface area (Å²) in [6, 6.07) is 10.9. The summed E-state index contributed by atoms with van der Waals surface area (Å²) in [5.74, 6) is 0.405. The van der Waals surface area contributed by atoms with Gasteiger partial charge in [-0.15, -0.1) is 0 Å². The van der Waals surface area contributed by atoms with Crippen LogP contribution in [0, 0.1) is 5.92 Å². The van der Waals surface area contributed by atoms with Crippen LogP contribution in [0.2, 0.25) is 0 Å². The first-order valence-electron chi connectivity index (χ1n) is 7.88. The molecule has 2 fully saturated rings. The quantitative estimate of drug-likeness (QED) is 0.895. The lowest BCUT2D eigenvalue weighted by atomic mass is 9.85. The van der Waals surface area contributed by atoms with E-state index in [4.69, 9.17) is 0 Å². The summed E-state index contributed by atoms with van der Waals surface area (Å²) in [4.78, 5) is 2.18. The molecule has 122 valence electrons. The molecule has 2 aliphatic heterocycles. The van der Waals surface area contributed by atoms with Crippen molar-refractivity contribution in [1.29, 1.82) is 0 Å². The van der Waals surface area contributed by atoms with E-state index in [0.29, 0.717) is 18.5 Å². The molecule has 6 heteroatoms. The average molecular weight is 313 g/mol. The van der Waals surface area contributed by atoms with Crippen molar-refractivity contribution < 1.29 is 13.2 Å². The Morgan fingerprint density at radius 2 is 1.91 bits per heavy atom. The maximum Gasteiger partial charge on any atom is 0.389 e. The van der Waals surface area contributed by atoms with Crippen molar-refractivity contribution in [2.45, 2.75) is 37.5 Å². The first-order valence-corrected chi connectivity index (χ1v) is 7.88. The number of alkyl halides is 3. The molecule has 0 saturated carbocycles. The zero-order valence-corrected chi connectivity index (χ0v) is 12.4. The normalized spacial score (nSPS) is 29.5. The predicted molar refractivity (Wildman–Crippen MR) is 79.1 cm³/mol. The van der Waals surface area contributed by atoms with Crippen LogP contribution in [0.5, 0.6) is 0 Å². The number of nitrogens with one attached hydrogen (secondary N) is 2. The van der Waals surface area contributed by atoms with Crippen LogP contribution < -0.4 is 10.9 Å². The van der Waals surface area contributed by atoms with Crippen LogP contribution in [0.1, 0.15) is 30.9 Å². The van der Waals surface area contributed by atoms with Gasteiger partial charge in [-0.3, -0.25) is 5.43 Å². The van der Waals surface area contributed by atoms with Crippen molar-refractivity contribution in [3.05, 3.63) is 35.9 Å². The Morgan fingerprint density at radius 1 is 1.14 bits per heavy atom. The lowest BCUT2D eigenvalue weighted by Gasteiger charge is -2.36. The number of nitrogens with zero attached hydrogens (tertiary/aromatic N) is 1. The lowest BCUT2D eigenvalue weighted by Crippen LogP contribution is -2.45. The van der Waals surface area contributed by atoms with Gasteiger partial charge in [-0.2, -0.15) is 13.2 Å². The molecule has 3 nitrogen and oxygen atoms in total. The molecular weight excluding hydrogens is 291 g/mol. The van der Waals surface area contributed by atoms with Gasteiger partial charge in [0.2, 0.25) is 0 Å². The van der Waals surface area contributed by atoms with E-state index in [1.54, 1.807) is 0 Å². The minimum Gasteiger partial charge on any atom is -0.303 e. The van der Waals surface area contributed by atoms with E-state index >= 15 is 0 Å². The van der Waals surface area contributed by atoms with Crippen LogP contribution in [-0.2, 0) is 0 Å². The van der Waals surface area contributed by atoms with E-state index in [-0.39, 0.29) is 12.5 Å². The van der Waals surface area contributed by atoms with Crippen LogP contribution in [-0.4, -0.2) is 36.8 Å². The maximum atomic E-state index is 12.3. The number of halogens is 3. The number of hydrazine groups is 1. The number of fused-ring (bicyclic) bond motifs is 1. The number of hydrogen-bond donors (Lipinski definition) is 2. The highest BCUT2D eigenvalue weighted by molar-refractivity contribution is 5.22. The zero-order valence-electron chi connectivity index (χ0n) is 12.4. The minimum absolute atomic E-state index is 0.192. The smallest absolute Gasteiger partial charge is 0.303 e. The molecular formula is C16H22F3N3. The van der Waals surface area contributed by atoms with Gasteiger partial charge >= 0.3 is 6.18 Å². The summed E-state index contributed by atoms with van der Waals surface area (Å²) in [5, 5.41) is 0. The van der Waals surface area contributed by atoms with E-state index in [0.717, 1.165) is 19.5 Å². The molecule has 1 aromatic carbocycles. The molecule has 2 aliphatic rings. The van der Waals surface area contributed by atoms with Gasteiger partial charge in [0, 0.05) is 24.9 Å². The molecule has 0 amide bonds. The number of piperidine rings is 1. The third kappa shape index (κ3) is 3.80. The van der Waals surface area contributed by atoms with Gasteiger partial charge in [0.05, 0.1) is 6.04 Å². The molecule has 0 radical (unpaired) electrons. The molecule has 2 N–H and O–H groups in total. The highest BCUT2D eigenvalue weighted by atomic mass is 19.4. The Kier molecular flexibility index (Phi) is 4.70. The monoisotopic (exact) mass is 313 g/mol. The minimum atomic E-state index is -4.04. The van der Waals surface area contributed by atoms with Gasteiger partial charge < -0.3 is 4.90 Å². The topological polar surface area (TPSA) is 27.3 Å². The van der Waals surface area contributed by atoms with E-state index < -0.39 is 12.6 Å². The molecule has 22 heavy (non-hydrogen) atoms. The van der Waals surface area contributed by atoms with Crippen LogP contribution in [0.25, 0.3) is 0 Å². The Hall–Kier alpha value is -1.11. The lowest BCUT2D eigenvalue weighted by molar-refractivity contribution is -0.136. The van der Waals surface area contributed by atoms with Crippen LogP contribution in [0.15, 0.2) is 30.3 Å². The van der Waals surface area contributed by atoms with Crippen LogP contribution in [0.3, 0.4) is 0 Å². The fraction of sp³-hybridized carbons (Fsp3) is 0.625. The third-order valence-electron chi connectivity index (χ3n) is 4.69. The average Bonchev–Trinajstić information content (AvgIpc) is 2.90. The second-order valence-corrected chi connectivity index (χ2v) is 6.26. The van der Waals surface area contributed by atoms with Crippen molar-refractivity contribution >= 4 is 0 Å². The van der Waals surface area contributed by atoms with Gasteiger partial charge in [-0.25, -0.2) is 5.43 Å². The number of likely N-dealkylation sites (tertiary alicyclic amines) is 1. The van der Waals surface area contributed by atoms with E-state index in [1.807, 2.05) is 18.2 Å². The fourth-order valence-electron chi connectivity index (χ4n) is 3.57. The Morgan fingerprint density at radius 3 is 2.64 bits per heavy atom. The summed E-state index contributed by atoms with van der Waals surface area (Å²) in [6.45, 7) is 2.25. The fourth-order valence-corrected chi connectivity index (χ4v) is 3.57. The molecule has 1 aromatic rings. The molecule has 2 heterocycles. The maximum absolute atomic E-state index is 12.3. The molecule has 0 spiro atoms. The Labute approximate surface area is 128 Å². The van der Waals surface area contributed by atoms with Crippen molar-refractivity contribution in [3.63, 3.8) is 0 Å². The summed E-state index contributed by atoms with van der Waals surface area (Å²) < 4.78 is 36.8. The summed E-state index contributed by atoms with van der Waals surface area (Å²) in [6.07, 6.45) is -3.55. The molecule has 3 rings (SSSR count). The van der Waals surface area contributed by atoms with E-state index in [2.05, 4.69) is 27.9 Å². The molecule has 0 aromatic heterocycles. The van der Waals surface area contributed by atoms with Gasteiger partial charge in [0.25, 0.3) is 0 Å². The second-order valence-electron chi connectivity index (χ2n) is 6.26. The van der Waals surface area contributed by atoms with Crippen LogP contribution >= 0.6 is 0 Å². The summed E-state index contributed by atoms with van der Waals surface area (Å²) in [5.41, 5.74) is 7.95. The largest absolute Gasteiger partial charge is 0.389 e. The Balaban J connectivity index is 1.57. The van der Waals surface area contributed by atoms with Gasteiger partial charge in [-0.1, -0.05) is 30.3 Å². The first kappa shape index (κ1) is 15.8. The Bertz CT molecular complexity index is 477. The number of rotatable bonds is 4. The molecule has 3 atom stereocenters.